The Labute approximate surface area is 141 Å². The second-order valence-corrected chi connectivity index (χ2v) is 7.60. The molecule has 1 nitrogen and oxygen atoms in total. The Morgan fingerprint density at radius 3 is 2.71 bits per heavy atom. The Hall–Kier alpha value is -0.480. The van der Waals surface area contributed by atoms with Crippen molar-refractivity contribution in [1.29, 1.82) is 0 Å². The van der Waals surface area contributed by atoms with E-state index < -0.39 is 0 Å². The Balaban J connectivity index is 1.81. The van der Waals surface area contributed by atoms with E-state index in [0.717, 1.165) is 17.3 Å². The summed E-state index contributed by atoms with van der Waals surface area (Å²) < 4.78 is 0. The zero-order valence-corrected chi connectivity index (χ0v) is 14.7. The van der Waals surface area contributed by atoms with E-state index in [1.807, 2.05) is 35.2 Å². The lowest BCUT2D eigenvalue weighted by Gasteiger charge is -2.18. The number of nitrogens with one attached hydrogen (secondary N) is 1. The summed E-state index contributed by atoms with van der Waals surface area (Å²) in [4.78, 5) is 2.77. The highest BCUT2D eigenvalue weighted by Gasteiger charge is 2.09. The Bertz CT molecular complexity index is 496. The summed E-state index contributed by atoms with van der Waals surface area (Å²) in [6, 6.07) is 13.1. The monoisotopic (exact) mass is 339 g/mol. The van der Waals surface area contributed by atoms with Gasteiger partial charge in [-0.05, 0) is 61.5 Å². The van der Waals surface area contributed by atoms with Crippen LogP contribution in [0.5, 0.6) is 0 Å². The quantitative estimate of drug-likeness (QED) is 0.606. The summed E-state index contributed by atoms with van der Waals surface area (Å²) in [5, 5.41) is 6.63. The number of halogens is 1. The van der Waals surface area contributed by atoms with Crippen LogP contribution >= 0.6 is 34.7 Å². The molecule has 2 rings (SSSR count). The van der Waals surface area contributed by atoms with Gasteiger partial charge in [0.1, 0.15) is 0 Å². The van der Waals surface area contributed by atoms with E-state index >= 15 is 0 Å². The van der Waals surface area contributed by atoms with Crippen LogP contribution in [0.2, 0.25) is 5.02 Å². The average molecular weight is 340 g/mol. The molecule has 114 valence electrons. The van der Waals surface area contributed by atoms with Gasteiger partial charge in [-0.25, -0.2) is 0 Å². The van der Waals surface area contributed by atoms with Gasteiger partial charge >= 0.3 is 0 Å². The number of thiophene rings is 1. The van der Waals surface area contributed by atoms with Crippen molar-refractivity contribution in [2.24, 2.45) is 0 Å². The van der Waals surface area contributed by atoms with Gasteiger partial charge in [-0.3, -0.25) is 0 Å². The first kappa shape index (κ1) is 16.9. The van der Waals surface area contributed by atoms with E-state index in [1.54, 1.807) is 0 Å². The van der Waals surface area contributed by atoms with E-state index in [9.17, 15) is 0 Å². The molecule has 21 heavy (non-hydrogen) atoms. The van der Waals surface area contributed by atoms with E-state index in [1.165, 1.54) is 29.0 Å². The second kappa shape index (κ2) is 9.52. The fourth-order valence-corrected chi connectivity index (χ4v) is 3.95. The molecule has 1 aromatic heterocycles. The van der Waals surface area contributed by atoms with Gasteiger partial charge in [-0.15, -0.1) is 23.1 Å². The predicted molar refractivity (Wildman–Crippen MR) is 96.9 cm³/mol. The summed E-state index contributed by atoms with van der Waals surface area (Å²) in [5.74, 6) is 1.10. The fraction of sp³-hybridized carbons (Fsp3) is 0.412. The lowest BCUT2D eigenvalue weighted by atomic mass is 10.1. The molecule has 0 amide bonds. The van der Waals surface area contributed by atoms with Crippen molar-refractivity contribution in [3.05, 3.63) is 51.7 Å². The van der Waals surface area contributed by atoms with Crippen LogP contribution in [0.25, 0.3) is 0 Å². The minimum Gasteiger partial charge on any atom is -0.313 e. The smallest absolute Gasteiger partial charge is 0.0406 e. The molecular weight excluding hydrogens is 318 g/mol. The third-order valence-electron chi connectivity index (χ3n) is 3.27. The van der Waals surface area contributed by atoms with Gasteiger partial charge in [0.25, 0.3) is 0 Å². The molecule has 1 N–H and O–H groups in total. The summed E-state index contributed by atoms with van der Waals surface area (Å²) in [5.41, 5.74) is 0. The normalized spacial score (nSPS) is 12.5. The molecule has 0 aliphatic heterocycles. The standard InChI is InChI=1S/C17H22ClNS2/c1-2-11-19-15(7-10-16-4-3-12-20-16)13-21-17-8-5-14(18)6-9-17/h3-6,8-9,12,15,19H,2,7,10-11,13H2,1H3. The molecule has 0 aliphatic carbocycles. The predicted octanol–water partition coefficient (Wildman–Crippen LogP) is 5.49. The van der Waals surface area contributed by atoms with Crippen molar-refractivity contribution < 1.29 is 0 Å². The lowest BCUT2D eigenvalue weighted by Crippen LogP contribution is -2.32. The summed E-state index contributed by atoms with van der Waals surface area (Å²) in [7, 11) is 0. The molecule has 0 saturated carbocycles. The molecule has 1 heterocycles. The number of thioether (sulfide) groups is 1. The topological polar surface area (TPSA) is 12.0 Å². The van der Waals surface area contributed by atoms with Gasteiger partial charge in [0.05, 0.1) is 0 Å². The first-order chi connectivity index (χ1) is 10.3. The largest absolute Gasteiger partial charge is 0.313 e. The van der Waals surface area contributed by atoms with Crippen LogP contribution in [-0.2, 0) is 6.42 Å². The van der Waals surface area contributed by atoms with Crippen LogP contribution < -0.4 is 5.32 Å². The van der Waals surface area contributed by atoms with Gasteiger partial charge in [0, 0.05) is 26.6 Å². The molecule has 2 aromatic rings. The minimum absolute atomic E-state index is 0.563. The van der Waals surface area contributed by atoms with Crippen molar-refractivity contribution in [2.45, 2.75) is 37.1 Å². The number of rotatable bonds is 9. The van der Waals surface area contributed by atoms with Crippen LogP contribution in [0, 0.1) is 0 Å². The van der Waals surface area contributed by atoms with E-state index in [2.05, 4.69) is 41.9 Å². The zero-order chi connectivity index (χ0) is 14.9. The van der Waals surface area contributed by atoms with Crippen molar-refractivity contribution in [3.8, 4) is 0 Å². The lowest BCUT2D eigenvalue weighted by molar-refractivity contribution is 0.521. The zero-order valence-electron chi connectivity index (χ0n) is 12.3. The molecule has 1 unspecified atom stereocenters. The summed E-state index contributed by atoms with van der Waals surface area (Å²) in [6.07, 6.45) is 3.54. The highest BCUT2D eigenvalue weighted by molar-refractivity contribution is 7.99. The van der Waals surface area contributed by atoms with Crippen molar-refractivity contribution in [3.63, 3.8) is 0 Å². The number of aryl methyl sites for hydroxylation is 1. The van der Waals surface area contributed by atoms with Crippen LogP contribution in [0.1, 0.15) is 24.6 Å². The van der Waals surface area contributed by atoms with Crippen molar-refractivity contribution >= 4 is 34.7 Å². The van der Waals surface area contributed by atoms with Gasteiger partial charge in [-0.2, -0.15) is 0 Å². The number of benzene rings is 1. The third kappa shape index (κ3) is 6.43. The van der Waals surface area contributed by atoms with Crippen molar-refractivity contribution in [1.82, 2.24) is 5.32 Å². The molecule has 0 saturated heterocycles. The maximum Gasteiger partial charge on any atom is 0.0406 e. The number of hydrogen-bond donors (Lipinski definition) is 1. The van der Waals surface area contributed by atoms with E-state index in [0.29, 0.717) is 6.04 Å². The van der Waals surface area contributed by atoms with Gasteiger partial charge in [-0.1, -0.05) is 24.6 Å². The number of hydrogen-bond acceptors (Lipinski definition) is 3. The molecule has 0 fully saturated rings. The van der Waals surface area contributed by atoms with Crippen LogP contribution in [0.3, 0.4) is 0 Å². The molecule has 0 aliphatic rings. The molecule has 1 atom stereocenters. The van der Waals surface area contributed by atoms with Gasteiger partial charge in [0.2, 0.25) is 0 Å². The summed E-state index contributed by atoms with van der Waals surface area (Å²) >= 11 is 9.69. The first-order valence-corrected chi connectivity index (χ1v) is 9.66. The van der Waals surface area contributed by atoms with Gasteiger partial charge in [0.15, 0.2) is 0 Å². The Kier molecular flexibility index (Phi) is 7.65. The molecule has 1 aromatic carbocycles. The molecule has 0 radical (unpaired) electrons. The Morgan fingerprint density at radius 1 is 1.24 bits per heavy atom. The van der Waals surface area contributed by atoms with E-state index in [4.69, 9.17) is 11.6 Å². The molecule has 4 heteroatoms. The molecular formula is C17H22ClNS2. The SMILES string of the molecule is CCCNC(CCc1cccs1)CSc1ccc(Cl)cc1. The van der Waals surface area contributed by atoms with Crippen LogP contribution in [0.15, 0.2) is 46.7 Å². The minimum atomic E-state index is 0.563. The maximum absolute atomic E-state index is 5.93. The highest BCUT2D eigenvalue weighted by atomic mass is 35.5. The average Bonchev–Trinajstić information content (AvgIpc) is 3.01. The van der Waals surface area contributed by atoms with Crippen molar-refractivity contribution in [2.75, 3.05) is 12.3 Å². The Morgan fingerprint density at radius 2 is 2.05 bits per heavy atom. The third-order valence-corrected chi connectivity index (χ3v) is 5.63. The fourth-order valence-electron chi connectivity index (χ4n) is 2.09. The van der Waals surface area contributed by atoms with Crippen LogP contribution in [-0.4, -0.2) is 18.3 Å². The van der Waals surface area contributed by atoms with Crippen LogP contribution in [0.4, 0.5) is 0 Å². The first-order valence-electron chi connectivity index (χ1n) is 7.42. The van der Waals surface area contributed by atoms with Gasteiger partial charge < -0.3 is 5.32 Å². The molecule has 0 bridgehead atoms. The highest BCUT2D eigenvalue weighted by Crippen LogP contribution is 2.22. The second-order valence-electron chi connectivity index (χ2n) is 5.03. The maximum atomic E-state index is 5.93. The molecule has 0 spiro atoms. The van der Waals surface area contributed by atoms with E-state index in [-0.39, 0.29) is 0 Å². The summed E-state index contributed by atoms with van der Waals surface area (Å²) in [6.45, 7) is 3.31.